The van der Waals surface area contributed by atoms with E-state index in [0.29, 0.717) is 18.5 Å². The lowest BCUT2D eigenvalue weighted by Gasteiger charge is -2.28. The number of β-amino-alcohol motifs (C(OH)–C–C–N with tert-alkyl or cyclic N) is 1. The van der Waals surface area contributed by atoms with E-state index in [9.17, 15) is 19.5 Å². The predicted molar refractivity (Wildman–Crippen MR) is 149 cm³/mol. The Labute approximate surface area is 227 Å². The second kappa shape index (κ2) is 11.5. The molecule has 8 nitrogen and oxygen atoms in total. The number of nitrogens with one attached hydrogen (secondary N) is 2. The van der Waals surface area contributed by atoms with Crippen molar-refractivity contribution in [2.24, 2.45) is 0 Å². The van der Waals surface area contributed by atoms with Crippen LogP contribution in [0.3, 0.4) is 0 Å². The summed E-state index contributed by atoms with van der Waals surface area (Å²) in [4.78, 5) is 46.9. The summed E-state index contributed by atoms with van der Waals surface area (Å²) >= 11 is 0. The molecular formula is C31H32N4O4. The third kappa shape index (κ3) is 5.86. The molecule has 200 valence electrons. The highest BCUT2D eigenvalue weighted by atomic mass is 16.3. The number of carbonyl (C=O) groups excluding carboxylic acids is 3. The molecule has 0 spiro atoms. The zero-order valence-corrected chi connectivity index (χ0v) is 21.8. The molecule has 4 aromatic rings. The Morgan fingerprint density at radius 2 is 1.62 bits per heavy atom. The molecule has 3 aromatic carbocycles. The SMILES string of the molecule is CN(Cc1ccccc1)C(=O)[C@H](Cc1ccccc1)NC(=O)[C@@H]1C[C@@H](O)CN1C(=O)c1c[nH]c2ccccc12. The normalized spacial score (nSPS) is 17.6. The molecule has 1 saturated heterocycles. The lowest BCUT2D eigenvalue weighted by molar-refractivity contribution is -0.136. The van der Waals surface area contributed by atoms with Crippen LogP contribution in [-0.2, 0) is 22.6 Å². The monoisotopic (exact) mass is 524 g/mol. The summed E-state index contributed by atoms with van der Waals surface area (Å²) in [5.41, 5.74) is 3.14. The summed E-state index contributed by atoms with van der Waals surface area (Å²) in [5.74, 6) is -1.03. The van der Waals surface area contributed by atoms with Crippen LogP contribution in [0.2, 0.25) is 0 Å². The maximum atomic E-state index is 13.6. The molecule has 3 atom stereocenters. The first-order valence-corrected chi connectivity index (χ1v) is 13.1. The second-order valence-corrected chi connectivity index (χ2v) is 10.0. The number of aliphatic hydroxyl groups is 1. The topological polar surface area (TPSA) is 106 Å². The number of hydrogen-bond acceptors (Lipinski definition) is 4. The largest absolute Gasteiger partial charge is 0.391 e. The van der Waals surface area contributed by atoms with Crippen molar-refractivity contribution in [1.82, 2.24) is 20.1 Å². The fraction of sp³-hybridized carbons (Fsp3) is 0.258. The van der Waals surface area contributed by atoms with E-state index in [2.05, 4.69) is 10.3 Å². The Balaban J connectivity index is 1.36. The number of hydrogen-bond donors (Lipinski definition) is 3. The molecule has 3 N–H and O–H groups in total. The summed E-state index contributed by atoms with van der Waals surface area (Å²) in [6.45, 7) is 0.440. The molecule has 0 unspecified atom stereocenters. The van der Waals surface area contributed by atoms with Crippen LogP contribution in [0.1, 0.15) is 27.9 Å². The van der Waals surface area contributed by atoms with E-state index in [1.807, 2.05) is 84.9 Å². The van der Waals surface area contributed by atoms with Crippen molar-refractivity contribution in [3.63, 3.8) is 0 Å². The number of aliphatic hydroxyl groups excluding tert-OH is 1. The van der Waals surface area contributed by atoms with E-state index in [0.717, 1.165) is 22.0 Å². The standard InChI is InChI=1S/C31H32N4O4/c1-34(19-22-12-6-3-7-13-22)31(39)27(16-21-10-4-2-5-11-21)33-29(37)28-17-23(36)20-35(28)30(38)25-18-32-26-15-9-8-14-24(25)26/h2-15,18,23,27-28,32,36H,16-17,19-20H2,1H3,(H,33,37)/t23-,27+,28+/m1/s1. The molecule has 1 aromatic heterocycles. The van der Waals surface area contributed by atoms with Gasteiger partial charge in [-0.05, 0) is 17.2 Å². The van der Waals surface area contributed by atoms with Crippen LogP contribution >= 0.6 is 0 Å². The molecule has 0 bridgehead atoms. The molecule has 2 heterocycles. The minimum atomic E-state index is -0.897. The molecule has 0 aliphatic carbocycles. The van der Waals surface area contributed by atoms with Gasteiger partial charge in [-0.1, -0.05) is 78.9 Å². The summed E-state index contributed by atoms with van der Waals surface area (Å²) in [6.07, 6.45) is 1.20. The van der Waals surface area contributed by atoms with Gasteiger partial charge >= 0.3 is 0 Å². The fourth-order valence-electron chi connectivity index (χ4n) is 5.21. The van der Waals surface area contributed by atoms with Crippen molar-refractivity contribution in [2.45, 2.75) is 37.6 Å². The number of H-pyrrole nitrogens is 1. The molecule has 1 aliphatic heterocycles. The zero-order valence-electron chi connectivity index (χ0n) is 21.8. The van der Waals surface area contributed by atoms with Crippen molar-refractivity contribution < 1.29 is 19.5 Å². The molecule has 8 heteroatoms. The van der Waals surface area contributed by atoms with Gasteiger partial charge in [0.05, 0.1) is 11.7 Å². The van der Waals surface area contributed by atoms with E-state index in [1.54, 1.807) is 18.1 Å². The number of likely N-dealkylation sites (tertiary alicyclic amines) is 1. The number of rotatable bonds is 8. The smallest absolute Gasteiger partial charge is 0.256 e. The highest BCUT2D eigenvalue weighted by Gasteiger charge is 2.41. The molecule has 3 amide bonds. The average molecular weight is 525 g/mol. The Hall–Kier alpha value is -4.43. The Bertz CT molecular complexity index is 1450. The number of para-hydroxylation sites is 1. The van der Waals surface area contributed by atoms with E-state index in [4.69, 9.17) is 0 Å². The van der Waals surface area contributed by atoms with Crippen LogP contribution in [0.4, 0.5) is 0 Å². The first-order valence-electron chi connectivity index (χ1n) is 13.1. The van der Waals surface area contributed by atoms with Gasteiger partial charge in [-0.25, -0.2) is 0 Å². The van der Waals surface area contributed by atoms with E-state index < -0.39 is 24.1 Å². The van der Waals surface area contributed by atoms with E-state index in [1.165, 1.54) is 4.90 Å². The fourth-order valence-corrected chi connectivity index (χ4v) is 5.21. The van der Waals surface area contributed by atoms with E-state index >= 15 is 0 Å². The Kier molecular flexibility index (Phi) is 7.74. The molecule has 39 heavy (non-hydrogen) atoms. The van der Waals surface area contributed by atoms with Crippen molar-refractivity contribution in [1.29, 1.82) is 0 Å². The molecule has 1 fully saturated rings. The lowest BCUT2D eigenvalue weighted by atomic mass is 10.0. The highest BCUT2D eigenvalue weighted by Crippen LogP contribution is 2.25. The maximum absolute atomic E-state index is 13.6. The number of aromatic nitrogens is 1. The number of fused-ring (bicyclic) bond motifs is 1. The third-order valence-electron chi connectivity index (χ3n) is 7.20. The van der Waals surface area contributed by atoms with Crippen LogP contribution in [0.15, 0.2) is 91.1 Å². The number of benzene rings is 3. The van der Waals surface area contributed by atoms with Gasteiger partial charge in [0.2, 0.25) is 11.8 Å². The third-order valence-corrected chi connectivity index (χ3v) is 7.20. The summed E-state index contributed by atoms with van der Waals surface area (Å²) in [5, 5.41) is 14.1. The number of likely N-dealkylation sites (N-methyl/N-ethyl adjacent to an activating group) is 1. The lowest BCUT2D eigenvalue weighted by Crippen LogP contribution is -2.54. The first-order chi connectivity index (χ1) is 18.9. The van der Waals surface area contributed by atoms with Gasteiger partial charge in [0, 0.05) is 50.1 Å². The van der Waals surface area contributed by atoms with Crippen molar-refractivity contribution in [3.05, 3.63) is 108 Å². The molecule has 1 aliphatic rings. The summed E-state index contributed by atoms with van der Waals surface area (Å²) < 4.78 is 0. The van der Waals surface area contributed by atoms with Gasteiger partial charge in [0.15, 0.2) is 0 Å². The van der Waals surface area contributed by atoms with Gasteiger partial charge in [0.25, 0.3) is 5.91 Å². The highest BCUT2D eigenvalue weighted by molar-refractivity contribution is 6.08. The van der Waals surface area contributed by atoms with Gasteiger partial charge < -0.3 is 25.2 Å². The summed E-state index contributed by atoms with van der Waals surface area (Å²) in [6, 6.07) is 24.9. The van der Waals surface area contributed by atoms with Gasteiger partial charge in [-0.15, -0.1) is 0 Å². The molecule has 0 radical (unpaired) electrons. The zero-order chi connectivity index (χ0) is 27.4. The van der Waals surface area contributed by atoms with Crippen molar-refractivity contribution >= 4 is 28.6 Å². The second-order valence-electron chi connectivity index (χ2n) is 10.0. The van der Waals surface area contributed by atoms with Crippen molar-refractivity contribution in [2.75, 3.05) is 13.6 Å². The number of nitrogens with zero attached hydrogens (tertiary/aromatic N) is 2. The minimum absolute atomic E-state index is 0.0433. The summed E-state index contributed by atoms with van der Waals surface area (Å²) in [7, 11) is 1.71. The average Bonchev–Trinajstić information content (AvgIpc) is 3.57. The van der Waals surface area contributed by atoms with Crippen LogP contribution in [0, 0.1) is 0 Å². The van der Waals surface area contributed by atoms with Crippen LogP contribution in [0.25, 0.3) is 10.9 Å². The Morgan fingerprint density at radius 1 is 0.974 bits per heavy atom. The van der Waals surface area contributed by atoms with Crippen LogP contribution in [0.5, 0.6) is 0 Å². The van der Waals surface area contributed by atoms with Gasteiger partial charge in [0.1, 0.15) is 12.1 Å². The van der Waals surface area contributed by atoms with Crippen LogP contribution < -0.4 is 5.32 Å². The minimum Gasteiger partial charge on any atom is -0.391 e. The molecular weight excluding hydrogens is 492 g/mol. The maximum Gasteiger partial charge on any atom is 0.256 e. The molecule has 5 rings (SSSR count). The molecule has 0 saturated carbocycles. The first kappa shape index (κ1) is 26.2. The predicted octanol–water partition coefficient (Wildman–Crippen LogP) is 3.13. The van der Waals surface area contributed by atoms with Crippen LogP contribution in [-0.4, -0.2) is 69.4 Å². The van der Waals surface area contributed by atoms with Crippen molar-refractivity contribution in [3.8, 4) is 0 Å². The number of carbonyl (C=O) groups is 3. The van der Waals surface area contributed by atoms with E-state index in [-0.39, 0.29) is 24.8 Å². The quantitative estimate of drug-likeness (QED) is 0.329. The number of amides is 3. The Morgan fingerprint density at radius 3 is 2.33 bits per heavy atom. The van der Waals surface area contributed by atoms with Gasteiger partial charge in [-0.3, -0.25) is 14.4 Å². The van der Waals surface area contributed by atoms with Gasteiger partial charge in [-0.2, -0.15) is 0 Å². The number of aromatic amines is 1.